The zero-order chi connectivity index (χ0) is 14.2. The Hall–Kier alpha value is -2.06. The average Bonchev–Trinajstić information content (AvgIpc) is 2.66. The molecule has 104 valence electrons. The van der Waals surface area contributed by atoms with Crippen LogP contribution in [0.25, 0.3) is 0 Å². The van der Waals surface area contributed by atoms with Crippen molar-refractivity contribution in [3.63, 3.8) is 0 Å². The van der Waals surface area contributed by atoms with Gasteiger partial charge in [-0.05, 0) is 0 Å². The largest absolute Gasteiger partial charge is 0.481 e. The lowest BCUT2D eigenvalue weighted by molar-refractivity contribution is -0.186. The Bertz CT molecular complexity index is 524. The quantitative estimate of drug-likeness (QED) is 0.823. The van der Waals surface area contributed by atoms with Crippen molar-refractivity contribution in [2.24, 2.45) is 0 Å². The van der Waals surface area contributed by atoms with Crippen LogP contribution in [0.1, 0.15) is 17.2 Å². The number of hydrogen-bond acceptors (Lipinski definition) is 3. The molecule has 0 aliphatic carbocycles. The van der Waals surface area contributed by atoms with Crippen LogP contribution >= 0.6 is 0 Å². The van der Waals surface area contributed by atoms with E-state index in [-0.39, 0.29) is 31.8 Å². The van der Waals surface area contributed by atoms with E-state index in [4.69, 9.17) is 5.11 Å². The van der Waals surface area contributed by atoms with E-state index in [1.807, 2.05) is 0 Å². The minimum absolute atomic E-state index is 0.0806. The number of carboxylic acids is 1. The Morgan fingerprint density at radius 1 is 1.42 bits per heavy atom. The van der Waals surface area contributed by atoms with Gasteiger partial charge in [0.15, 0.2) is 0 Å². The van der Waals surface area contributed by atoms with E-state index >= 15 is 0 Å². The van der Waals surface area contributed by atoms with Crippen molar-refractivity contribution in [1.29, 1.82) is 0 Å². The highest BCUT2D eigenvalue weighted by molar-refractivity contribution is 5.82. The molecule has 1 aromatic rings. The number of aliphatic carboxylic acids is 1. The Morgan fingerprint density at radius 3 is 2.68 bits per heavy atom. The maximum Gasteiger partial charge on any atom is 0.471 e. The number of carboxylic acid groups (broad SMARTS) is 1. The number of imidazole rings is 1. The second kappa shape index (κ2) is 4.56. The lowest BCUT2D eigenvalue weighted by Crippen LogP contribution is -2.43. The summed E-state index contributed by atoms with van der Waals surface area (Å²) < 4.78 is 36.9. The fraction of sp³-hybridized carbons (Fsp3) is 0.500. The van der Waals surface area contributed by atoms with Gasteiger partial charge in [-0.1, -0.05) is 0 Å². The van der Waals surface area contributed by atoms with Gasteiger partial charge < -0.3 is 15.0 Å². The molecular formula is C10H10F3N3O3. The number of rotatable bonds is 2. The van der Waals surface area contributed by atoms with Gasteiger partial charge in [-0.15, -0.1) is 0 Å². The first kappa shape index (κ1) is 13.4. The number of aromatic amines is 1. The fourth-order valence-electron chi connectivity index (χ4n) is 1.93. The number of nitrogens with one attached hydrogen (secondary N) is 1. The van der Waals surface area contributed by atoms with Crippen molar-refractivity contribution >= 4 is 11.9 Å². The van der Waals surface area contributed by atoms with E-state index in [0.29, 0.717) is 16.3 Å². The van der Waals surface area contributed by atoms with Gasteiger partial charge in [-0.3, -0.25) is 9.59 Å². The van der Waals surface area contributed by atoms with E-state index in [1.165, 1.54) is 0 Å². The third kappa shape index (κ3) is 2.85. The third-order valence-corrected chi connectivity index (χ3v) is 2.73. The number of carbonyl (C=O) groups is 2. The smallest absolute Gasteiger partial charge is 0.471 e. The minimum Gasteiger partial charge on any atom is -0.481 e. The summed E-state index contributed by atoms with van der Waals surface area (Å²) in [5.74, 6) is -2.80. The molecule has 2 rings (SSSR count). The highest BCUT2D eigenvalue weighted by Crippen LogP contribution is 2.23. The Balaban J connectivity index is 2.14. The summed E-state index contributed by atoms with van der Waals surface area (Å²) in [5, 5.41) is 8.60. The molecule has 19 heavy (non-hydrogen) atoms. The van der Waals surface area contributed by atoms with Crippen molar-refractivity contribution in [3.8, 4) is 0 Å². The highest BCUT2D eigenvalue weighted by Gasteiger charge is 2.43. The van der Waals surface area contributed by atoms with Crippen LogP contribution in [0.5, 0.6) is 0 Å². The number of alkyl halides is 3. The Labute approximate surface area is 105 Å². The van der Waals surface area contributed by atoms with E-state index in [0.717, 1.165) is 0 Å². The molecule has 0 bridgehead atoms. The first-order valence-corrected chi connectivity index (χ1v) is 5.42. The first-order valence-electron chi connectivity index (χ1n) is 5.42. The average molecular weight is 277 g/mol. The monoisotopic (exact) mass is 277 g/mol. The first-order chi connectivity index (χ1) is 8.77. The summed E-state index contributed by atoms with van der Waals surface area (Å²) in [6.45, 7) is -0.316. The molecule has 0 aromatic carbocycles. The van der Waals surface area contributed by atoms with Gasteiger partial charge in [0.25, 0.3) is 0 Å². The van der Waals surface area contributed by atoms with Gasteiger partial charge in [0.1, 0.15) is 12.2 Å². The molecule has 1 aromatic heterocycles. The van der Waals surface area contributed by atoms with Crippen molar-refractivity contribution < 1.29 is 27.9 Å². The van der Waals surface area contributed by atoms with Crippen LogP contribution in [0, 0.1) is 0 Å². The van der Waals surface area contributed by atoms with Crippen LogP contribution in [0.15, 0.2) is 0 Å². The lowest BCUT2D eigenvalue weighted by atomic mass is 10.1. The molecule has 1 amide bonds. The number of fused-ring (bicyclic) bond motifs is 1. The zero-order valence-corrected chi connectivity index (χ0v) is 9.62. The standard InChI is InChI=1S/C10H10F3N3O3/c11-10(12,13)9(19)16-2-1-5-6(4-16)15-7(14-5)3-8(17)18/h1-4H2,(H,14,15)(H,17,18). The predicted octanol–water partition coefficient (Wildman–Crippen LogP) is 0.484. The van der Waals surface area contributed by atoms with Gasteiger partial charge >= 0.3 is 18.1 Å². The van der Waals surface area contributed by atoms with Gasteiger partial charge in [-0.2, -0.15) is 13.2 Å². The van der Waals surface area contributed by atoms with Crippen molar-refractivity contribution in [2.45, 2.75) is 25.6 Å². The SMILES string of the molecule is O=C(O)Cc1nc2c([nH]1)CN(C(=O)C(F)(F)F)CC2. The number of hydrogen-bond donors (Lipinski definition) is 2. The van der Waals surface area contributed by atoms with Gasteiger partial charge in [-0.25, -0.2) is 4.98 Å². The van der Waals surface area contributed by atoms with Crippen molar-refractivity contribution in [1.82, 2.24) is 14.9 Å². The number of carbonyl (C=O) groups excluding carboxylic acids is 1. The van der Waals surface area contributed by atoms with Crippen LogP contribution in [0.2, 0.25) is 0 Å². The van der Waals surface area contributed by atoms with Crippen molar-refractivity contribution in [3.05, 3.63) is 17.2 Å². The van der Waals surface area contributed by atoms with Gasteiger partial charge in [0, 0.05) is 13.0 Å². The van der Waals surface area contributed by atoms with Gasteiger partial charge in [0.2, 0.25) is 0 Å². The summed E-state index contributed by atoms with van der Waals surface area (Å²) in [7, 11) is 0. The molecule has 0 fully saturated rings. The molecule has 9 heteroatoms. The maximum atomic E-state index is 12.3. The van der Waals surface area contributed by atoms with Crippen LogP contribution < -0.4 is 0 Å². The molecule has 0 unspecified atom stereocenters. The molecule has 2 heterocycles. The molecule has 6 nitrogen and oxygen atoms in total. The maximum absolute atomic E-state index is 12.3. The molecular weight excluding hydrogens is 267 g/mol. The molecule has 0 saturated carbocycles. The molecule has 0 spiro atoms. The summed E-state index contributed by atoms with van der Waals surface area (Å²) in [5.41, 5.74) is 0.877. The van der Waals surface area contributed by atoms with E-state index in [2.05, 4.69) is 9.97 Å². The molecule has 0 atom stereocenters. The van der Waals surface area contributed by atoms with E-state index < -0.39 is 18.1 Å². The fourth-order valence-corrected chi connectivity index (χ4v) is 1.93. The number of H-pyrrole nitrogens is 1. The summed E-state index contributed by atoms with van der Waals surface area (Å²) >= 11 is 0. The predicted molar refractivity (Wildman–Crippen MR) is 55.1 cm³/mol. The topological polar surface area (TPSA) is 86.3 Å². The summed E-state index contributed by atoms with van der Waals surface area (Å²) in [4.78, 5) is 28.9. The third-order valence-electron chi connectivity index (χ3n) is 2.73. The molecule has 0 radical (unpaired) electrons. The van der Waals surface area contributed by atoms with Crippen LogP contribution in [-0.4, -0.2) is 44.6 Å². The number of halogens is 3. The van der Waals surface area contributed by atoms with E-state index in [1.54, 1.807) is 0 Å². The molecule has 1 aliphatic heterocycles. The van der Waals surface area contributed by atoms with Crippen molar-refractivity contribution in [2.75, 3.05) is 6.54 Å². The zero-order valence-electron chi connectivity index (χ0n) is 9.62. The molecule has 1 aliphatic rings. The van der Waals surface area contributed by atoms with E-state index in [9.17, 15) is 22.8 Å². The Kier molecular flexibility index (Phi) is 3.21. The lowest BCUT2D eigenvalue weighted by Gasteiger charge is -2.26. The second-order valence-corrected chi connectivity index (χ2v) is 4.15. The number of nitrogens with zero attached hydrogens (tertiary/aromatic N) is 2. The number of aromatic nitrogens is 2. The minimum atomic E-state index is -4.90. The summed E-state index contributed by atoms with van der Waals surface area (Å²) in [6, 6.07) is 0. The van der Waals surface area contributed by atoms with Crippen LogP contribution in [0.4, 0.5) is 13.2 Å². The normalized spacial score (nSPS) is 15.2. The van der Waals surface area contributed by atoms with Gasteiger partial charge in [0.05, 0.1) is 17.9 Å². The van der Waals surface area contributed by atoms with Crippen LogP contribution in [-0.2, 0) is 29.0 Å². The highest BCUT2D eigenvalue weighted by atomic mass is 19.4. The molecule has 2 N–H and O–H groups in total. The Morgan fingerprint density at radius 2 is 2.11 bits per heavy atom. The molecule has 0 saturated heterocycles. The van der Waals surface area contributed by atoms with Crippen LogP contribution in [0.3, 0.4) is 0 Å². The second-order valence-electron chi connectivity index (χ2n) is 4.15. The summed E-state index contributed by atoms with van der Waals surface area (Å²) in [6.07, 6.45) is -5.06. The number of amides is 1.